The van der Waals surface area contributed by atoms with Gasteiger partial charge in [-0.15, -0.1) is 0 Å². The topological polar surface area (TPSA) is 29.5 Å². The van der Waals surface area contributed by atoms with E-state index in [1.807, 2.05) is 25.1 Å². The van der Waals surface area contributed by atoms with Gasteiger partial charge in [-0.1, -0.05) is 18.6 Å². The van der Waals surface area contributed by atoms with E-state index >= 15 is 0 Å². The first-order valence-electron chi connectivity index (χ1n) is 7.70. The highest BCUT2D eigenvalue weighted by Gasteiger charge is 2.27. The maximum atomic E-state index is 12.2. The standard InChI is InChI=1S/C17H24BrNO2/c1-12-7-6-8-13(2)19(12)11-14(3)21-17(20)15-9-4-5-10-16(15)18/h4-5,9-10,12-14H,6-8,11H2,1-3H3/t12-,13-,14-/m1/s1. The molecule has 1 fully saturated rings. The SMILES string of the molecule is C[C@H](CN1[C@H](C)CCC[C@H]1C)OC(=O)c1ccccc1Br. The lowest BCUT2D eigenvalue weighted by Crippen LogP contribution is -2.47. The lowest BCUT2D eigenvalue weighted by atomic mass is 9.97. The van der Waals surface area contributed by atoms with E-state index in [-0.39, 0.29) is 12.1 Å². The van der Waals surface area contributed by atoms with Crippen LogP contribution in [0.15, 0.2) is 28.7 Å². The number of benzene rings is 1. The summed E-state index contributed by atoms with van der Waals surface area (Å²) in [5.41, 5.74) is 0.587. The summed E-state index contributed by atoms with van der Waals surface area (Å²) >= 11 is 3.39. The number of likely N-dealkylation sites (tertiary alicyclic amines) is 1. The first kappa shape index (κ1) is 16.5. The van der Waals surface area contributed by atoms with Gasteiger partial charge < -0.3 is 4.74 Å². The van der Waals surface area contributed by atoms with Gasteiger partial charge >= 0.3 is 5.97 Å². The van der Waals surface area contributed by atoms with Crippen LogP contribution in [0, 0.1) is 0 Å². The second-order valence-electron chi connectivity index (χ2n) is 6.02. The highest BCUT2D eigenvalue weighted by molar-refractivity contribution is 9.10. The Morgan fingerprint density at radius 2 is 1.95 bits per heavy atom. The van der Waals surface area contributed by atoms with E-state index in [1.165, 1.54) is 19.3 Å². The summed E-state index contributed by atoms with van der Waals surface area (Å²) in [7, 11) is 0. The van der Waals surface area contributed by atoms with Crippen molar-refractivity contribution < 1.29 is 9.53 Å². The van der Waals surface area contributed by atoms with Crippen LogP contribution < -0.4 is 0 Å². The van der Waals surface area contributed by atoms with E-state index in [0.29, 0.717) is 17.6 Å². The number of ether oxygens (including phenoxy) is 1. The summed E-state index contributed by atoms with van der Waals surface area (Å²) in [6, 6.07) is 8.51. The van der Waals surface area contributed by atoms with Crippen molar-refractivity contribution in [3.05, 3.63) is 34.3 Å². The maximum Gasteiger partial charge on any atom is 0.339 e. The zero-order chi connectivity index (χ0) is 15.4. The third-order valence-corrected chi connectivity index (χ3v) is 4.94. The number of piperidine rings is 1. The molecule has 1 aromatic rings. The highest BCUT2D eigenvalue weighted by atomic mass is 79.9. The van der Waals surface area contributed by atoms with Gasteiger partial charge in [0.1, 0.15) is 6.10 Å². The average Bonchev–Trinajstić information content (AvgIpc) is 2.43. The predicted octanol–water partition coefficient (Wildman–Crippen LogP) is 4.26. The summed E-state index contributed by atoms with van der Waals surface area (Å²) < 4.78 is 6.39. The molecule has 116 valence electrons. The Balaban J connectivity index is 1.93. The van der Waals surface area contributed by atoms with E-state index in [0.717, 1.165) is 11.0 Å². The number of carbonyl (C=O) groups excluding carboxylic acids is 1. The molecule has 0 unspecified atom stereocenters. The normalized spacial score (nSPS) is 24.6. The number of halogens is 1. The molecule has 0 aromatic heterocycles. The van der Waals surface area contributed by atoms with E-state index in [2.05, 4.69) is 34.7 Å². The molecule has 3 atom stereocenters. The molecule has 1 heterocycles. The van der Waals surface area contributed by atoms with Crippen LogP contribution in [0.2, 0.25) is 0 Å². The van der Waals surface area contributed by atoms with Crippen LogP contribution in [-0.2, 0) is 4.74 Å². The minimum absolute atomic E-state index is 0.104. The molecule has 0 radical (unpaired) electrons. The first-order valence-corrected chi connectivity index (χ1v) is 8.49. The fourth-order valence-electron chi connectivity index (χ4n) is 3.04. The average molecular weight is 354 g/mol. The fourth-order valence-corrected chi connectivity index (χ4v) is 3.49. The molecule has 3 nitrogen and oxygen atoms in total. The van der Waals surface area contributed by atoms with Gasteiger partial charge in [0.2, 0.25) is 0 Å². The van der Waals surface area contributed by atoms with Crippen LogP contribution in [0.3, 0.4) is 0 Å². The lowest BCUT2D eigenvalue weighted by Gasteiger charge is -2.40. The largest absolute Gasteiger partial charge is 0.458 e. The van der Waals surface area contributed by atoms with Crippen molar-refractivity contribution in [2.75, 3.05) is 6.54 Å². The molecule has 1 aliphatic heterocycles. The van der Waals surface area contributed by atoms with Crippen LogP contribution in [0.25, 0.3) is 0 Å². The van der Waals surface area contributed by atoms with Crippen molar-refractivity contribution >= 4 is 21.9 Å². The molecule has 1 aromatic carbocycles. The highest BCUT2D eigenvalue weighted by Crippen LogP contribution is 2.23. The summed E-state index contributed by atoms with van der Waals surface area (Å²) in [4.78, 5) is 14.7. The van der Waals surface area contributed by atoms with Crippen molar-refractivity contribution in [2.45, 2.75) is 58.2 Å². The van der Waals surface area contributed by atoms with Crippen LogP contribution >= 0.6 is 15.9 Å². The number of hydrogen-bond acceptors (Lipinski definition) is 3. The Hall–Kier alpha value is -0.870. The third-order valence-electron chi connectivity index (χ3n) is 4.25. The van der Waals surface area contributed by atoms with E-state index in [4.69, 9.17) is 4.74 Å². The van der Waals surface area contributed by atoms with Crippen LogP contribution in [0.4, 0.5) is 0 Å². The number of hydrogen-bond donors (Lipinski definition) is 0. The molecular weight excluding hydrogens is 330 g/mol. The molecule has 1 aliphatic rings. The van der Waals surface area contributed by atoms with Crippen molar-refractivity contribution in [1.82, 2.24) is 4.90 Å². The van der Waals surface area contributed by atoms with Crippen LogP contribution in [-0.4, -0.2) is 35.6 Å². The Labute approximate surface area is 135 Å². The minimum Gasteiger partial charge on any atom is -0.458 e. The first-order chi connectivity index (χ1) is 9.99. The molecule has 21 heavy (non-hydrogen) atoms. The summed E-state index contributed by atoms with van der Waals surface area (Å²) in [6.07, 6.45) is 3.65. The second-order valence-corrected chi connectivity index (χ2v) is 6.88. The minimum atomic E-state index is -0.257. The van der Waals surface area contributed by atoms with Gasteiger partial charge in [-0.05, 0) is 61.7 Å². The Kier molecular flexibility index (Phi) is 5.82. The van der Waals surface area contributed by atoms with Gasteiger partial charge in [-0.2, -0.15) is 0 Å². The number of rotatable bonds is 4. The molecule has 0 aliphatic carbocycles. The van der Waals surface area contributed by atoms with Gasteiger partial charge in [0, 0.05) is 23.1 Å². The number of esters is 1. The number of carbonyl (C=O) groups is 1. The van der Waals surface area contributed by atoms with E-state index in [1.54, 1.807) is 6.07 Å². The molecule has 0 N–H and O–H groups in total. The van der Waals surface area contributed by atoms with Gasteiger partial charge in [0.25, 0.3) is 0 Å². The van der Waals surface area contributed by atoms with Crippen molar-refractivity contribution in [1.29, 1.82) is 0 Å². The summed E-state index contributed by atoms with van der Waals surface area (Å²) in [6.45, 7) is 7.30. The molecule has 4 heteroatoms. The lowest BCUT2D eigenvalue weighted by molar-refractivity contribution is 0.00804. The second kappa shape index (κ2) is 7.41. The van der Waals surface area contributed by atoms with Crippen LogP contribution in [0.1, 0.15) is 50.4 Å². The van der Waals surface area contributed by atoms with Gasteiger partial charge in [0.15, 0.2) is 0 Å². The third kappa shape index (κ3) is 4.30. The quantitative estimate of drug-likeness (QED) is 0.757. The molecular formula is C17H24BrNO2. The zero-order valence-corrected chi connectivity index (χ0v) is 14.6. The van der Waals surface area contributed by atoms with Gasteiger partial charge in [0.05, 0.1) is 5.56 Å². The van der Waals surface area contributed by atoms with Crippen molar-refractivity contribution in [2.24, 2.45) is 0 Å². The fraction of sp³-hybridized carbons (Fsp3) is 0.588. The monoisotopic (exact) mass is 353 g/mol. The molecule has 2 rings (SSSR count). The van der Waals surface area contributed by atoms with Crippen molar-refractivity contribution in [3.63, 3.8) is 0 Å². The Bertz CT molecular complexity index is 481. The van der Waals surface area contributed by atoms with E-state index in [9.17, 15) is 4.79 Å². The molecule has 0 bridgehead atoms. The van der Waals surface area contributed by atoms with Gasteiger partial charge in [-0.25, -0.2) is 4.79 Å². The molecule has 0 spiro atoms. The van der Waals surface area contributed by atoms with E-state index < -0.39 is 0 Å². The Morgan fingerprint density at radius 1 is 1.33 bits per heavy atom. The Morgan fingerprint density at radius 3 is 2.57 bits per heavy atom. The number of nitrogens with zero attached hydrogens (tertiary/aromatic N) is 1. The van der Waals surface area contributed by atoms with Crippen LogP contribution in [0.5, 0.6) is 0 Å². The molecule has 0 amide bonds. The zero-order valence-electron chi connectivity index (χ0n) is 13.0. The van der Waals surface area contributed by atoms with Gasteiger partial charge in [-0.3, -0.25) is 4.90 Å². The van der Waals surface area contributed by atoms with Crippen molar-refractivity contribution in [3.8, 4) is 0 Å². The molecule has 0 saturated carbocycles. The summed E-state index contributed by atoms with van der Waals surface area (Å²) in [5.74, 6) is -0.257. The maximum absolute atomic E-state index is 12.2. The molecule has 1 saturated heterocycles. The summed E-state index contributed by atoms with van der Waals surface area (Å²) in [5, 5.41) is 0. The predicted molar refractivity (Wildman–Crippen MR) is 88.5 cm³/mol. The smallest absolute Gasteiger partial charge is 0.339 e.